The average Bonchev–Trinajstić information content (AvgIpc) is 2.93. The van der Waals surface area contributed by atoms with Crippen LogP contribution in [0.15, 0.2) is 0 Å². The molecule has 2 aliphatic heterocycles. The standard InChI is InChI=1S/C14H24N4/c1-9-14(10(2)17(4)16-9)11(3)18-7-12-5-15-6-13(12)8-18/h11-13,15H,5-8H2,1-4H3. The third kappa shape index (κ3) is 1.79. The maximum atomic E-state index is 4.55. The molecule has 2 fully saturated rings. The summed E-state index contributed by atoms with van der Waals surface area (Å²) in [5, 5.41) is 8.06. The molecule has 0 spiro atoms. The van der Waals surface area contributed by atoms with Crippen LogP contribution in [0.25, 0.3) is 0 Å². The number of hydrogen-bond acceptors (Lipinski definition) is 3. The molecule has 4 heteroatoms. The van der Waals surface area contributed by atoms with Gasteiger partial charge in [0.15, 0.2) is 0 Å². The molecule has 1 N–H and O–H groups in total. The molecule has 0 bridgehead atoms. The third-order valence-electron chi connectivity index (χ3n) is 4.95. The fraction of sp³-hybridized carbons (Fsp3) is 0.786. The van der Waals surface area contributed by atoms with Crippen molar-refractivity contribution in [3.8, 4) is 0 Å². The fourth-order valence-electron chi connectivity index (χ4n) is 3.79. The van der Waals surface area contributed by atoms with Crippen LogP contribution in [-0.4, -0.2) is 40.9 Å². The molecule has 3 unspecified atom stereocenters. The molecule has 0 amide bonds. The van der Waals surface area contributed by atoms with Crippen molar-refractivity contribution in [3.63, 3.8) is 0 Å². The van der Waals surface area contributed by atoms with Gasteiger partial charge in [-0.15, -0.1) is 0 Å². The van der Waals surface area contributed by atoms with Crippen LogP contribution in [0, 0.1) is 25.7 Å². The number of aryl methyl sites for hydroxylation is 2. The summed E-state index contributed by atoms with van der Waals surface area (Å²) in [4.78, 5) is 2.65. The van der Waals surface area contributed by atoms with Gasteiger partial charge in [-0.2, -0.15) is 5.10 Å². The van der Waals surface area contributed by atoms with E-state index in [0.717, 1.165) is 11.8 Å². The SMILES string of the molecule is Cc1nn(C)c(C)c1C(C)N1CC2CNCC2C1. The lowest BCUT2D eigenvalue weighted by molar-refractivity contribution is 0.242. The molecule has 0 radical (unpaired) electrons. The minimum atomic E-state index is 0.504. The van der Waals surface area contributed by atoms with Crippen molar-refractivity contribution in [2.24, 2.45) is 18.9 Å². The van der Waals surface area contributed by atoms with Gasteiger partial charge in [-0.25, -0.2) is 0 Å². The van der Waals surface area contributed by atoms with Crippen molar-refractivity contribution < 1.29 is 0 Å². The zero-order chi connectivity index (χ0) is 12.9. The van der Waals surface area contributed by atoms with E-state index in [9.17, 15) is 0 Å². The Morgan fingerprint density at radius 1 is 1.22 bits per heavy atom. The smallest absolute Gasteiger partial charge is 0.0644 e. The second-order valence-corrected chi connectivity index (χ2v) is 6.02. The van der Waals surface area contributed by atoms with Crippen molar-refractivity contribution in [3.05, 3.63) is 17.0 Å². The molecule has 1 aromatic heterocycles. The van der Waals surface area contributed by atoms with Crippen molar-refractivity contribution in [2.45, 2.75) is 26.8 Å². The second kappa shape index (κ2) is 4.35. The van der Waals surface area contributed by atoms with E-state index in [2.05, 4.69) is 36.1 Å². The molecule has 3 atom stereocenters. The first-order valence-electron chi connectivity index (χ1n) is 7.02. The minimum absolute atomic E-state index is 0.504. The van der Waals surface area contributed by atoms with Crippen LogP contribution in [0.1, 0.15) is 29.9 Å². The van der Waals surface area contributed by atoms with Gasteiger partial charge in [0.1, 0.15) is 0 Å². The van der Waals surface area contributed by atoms with Gasteiger partial charge in [-0.3, -0.25) is 9.58 Å². The number of nitrogens with zero attached hydrogens (tertiary/aromatic N) is 3. The van der Waals surface area contributed by atoms with Crippen LogP contribution in [0.2, 0.25) is 0 Å². The van der Waals surface area contributed by atoms with Gasteiger partial charge >= 0.3 is 0 Å². The molecule has 100 valence electrons. The highest BCUT2D eigenvalue weighted by Crippen LogP contribution is 2.34. The summed E-state index contributed by atoms with van der Waals surface area (Å²) in [5.41, 5.74) is 3.94. The molecule has 4 nitrogen and oxygen atoms in total. The van der Waals surface area contributed by atoms with E-state index in [1.54, 1.807) is 0 Å². The molecular weight excluding hydrogens is 224 g/mol. The third-order valence-corrected chi connectivity index (χ3v) is 4.95. The largest absolute Gasteiger partial charge is 0.316 e. The van der Waals surface area contributed by atoms with Gasteiger partial charge in [0.2, 0.25) is 0 Å². The predicted octanol–water partition coefficient (Wildman–Crippen LogP) is 1.25. The normalized spacial score (nSPS) is 29.8. The predicted molar refractivity (Wildman–Crippen MR) is 72.5 cm³/mol. The molecule has 2 saturated heterocycles. The van der Waals surface area contributed by atoms with Crippen LogP contribution in [0.5, 0.6) is 0 Å². The quantitative estimate of drug-likeness (QED) is 0.855. The van der Waals surface area contributed by atoms with Crippen molar-refractivity contribution in [1.29, 1.82) is 0 Å². The lowest BCUT2D eigenvalue weighted by atomic mass is 10.0. The molecule has 3 heterocycles. The van der Waals surface area contributed by atoms with Gasteiger partial charge in [-0.1, -0.05) is 0 Å². The highest BCUT2D eigenvalue weighted by Gasteiger charge is 2.38. The van der Waals surface area contributed by atoms with Crippen LogP contribution in [0.4, 0.5) is 0 Å². The summed E-state index contributed by atoms with van der Waals surface area (Å²) in [6.07, 6.45) is 0. The van der Waals surface area contributed by atoms with Crippen LogP contribution in [-0.2, 0) is 7.05 Å². The number of fused-ring (bicyclic) bond motifs is 1. The number of rotatable bonds is 2. The first-order chi connectivity index (χ1) is 8.58. The summed E-state index contributed by atoms with van der Waals surface area (Å²) in [6.45, 7) is 11.6. The zero-order valence-corrected chi connectivity index (χ0v) is 11.9. The first-order valence-corrected chi connectivity index (χ1v) is 7.02. The van der Waals surface area contributed by atoms with E-state index in [1.807, 2.05) is 11.7 Å². The number of likely N-dealkylation sites (tertiary alicyclic amines) is 1. The second-order valence-electron chi connectivity index (χ2n) is 6.02. The average molecular weight is 248 g/mol. The first kappa shape index (κ1) is 12.2. The Morgan fingerprint density at radius 3 is 2.33 bits per heavy atom. The Morgan fingerprint density at radius 2 is 1.83 bits per heavy atom. The van der Waals surface area contributed by atoms with E-state index >= 15 is 0 Å². The lowest BCUT2D eigenvalue weighted by Gasteiger charge is -2.25. The fourth-order valence-corrected chi connectivity index (χ4v) is 3.79. The maximum absolute atomic E-state index is 4.55. The summed E-state index contributed by atoms with van der Waals surface area (Å²) < 4.78 is 2.01. The van der Waals surface area contributed by atoms with Gasteiger partial charge in [0.05, 0.1) is 5.69 Å². The Kier molecular flexibility index (Phi) is 2.94. The van der Waals surface area contributed by atoms with Gasteiger partial charge in [-0.05, 0) is 45.7 Å². The van der Waals surface area contributed by atoms with Crippen LogP contribution in [0.3, 0.4) is 0 Å². The Balaban J connectivity index is 1.81. The summed E-state index contributed by atoms with van der Waals surface area (Å²) in [6, 6.07) is 0.504. The number of aromatic nitrogens is 2. The molecule has 0 aliphatic carbocycles. The number of hydrogen-bond donors (Lipinski definition) is 1. The van der Waals surface area contributed by atoms with Crippen molar-refractivity contribution >= 4 is 0 Å². The Hall–Kier alpha value is -0.870. The van der Waals surface area contributed by atoms with Gasteiger partial charge in [0, 0.05) is 37.4 Å². The molecule has 0 saturated carbocycles. The summed E-state index contributed by atoms with van der Waals surface area (Å²) >= 11 is 0. The monoisotopic (exact) mass is 248 g/mol. The molecule has 0 aromatic carbocycles. The number of nitrogens with one attached hydrogen (secondary N) is 1. The van der Waals surface area contributed by atoms with Crippen LogP contribution < -0.4 is 5.32 Å². The highest BCUT2D eigenvalue weighted by atomic mass is 15.3. The maximum Gasteiger partial charge on any atom is 0.0644 e. The summed E-state index contributed by atoms with van der Waals surface area (Å²) in [5.74, 6) is 1.73. The van der Waals surface area contributed by atoms with Crippen molar-refractivity contribution in [1.82, 2.24) is 20.0 Å². The Labute approximate surface area is 109 Å². The topological polar surface area (TPSA) is 33.1 Å². The minimum Gasteiger partial charge on any atom is -0.316 e. The summed E-state index contributed by atoms with van der Waals surface area (Å²) in [7, 11) is 2.04. The van der Waals surface area contributed by atoms with E-state index < -0.39 is 0 Å². The van der Waals surface area contributed by atoms with E-state index in [1.165, 1.54) is 43.1 Å². The van der Waals surface area contributed by atoms with E-state index in [-0.39, 0.29) is 0 Å². The molecule has 18 heavy (non-hydrogen) atoms. The van der Waals surface area contributed by atoms with Crippen molar-refractivity contribution in [2.75, 3.05) is 26.2 Å². The highest BCUT2D eigenvalue weighted by molar-refractivity contribution is 5.28. The lowest BCUT2D eigenvalue weighted by Crippen LogP contribution is -2.29. The zero-order valence-electron chi connectivity index (χ0n) is 11.9. The van der Waals surface area contributed by atoms with Gasteiger partial charge < -0.3 is 5.32 Å². The Bertz CT molecular complexity index is 439. The molecule has 1 aromatic rings. The van der Waals surface area contributed by atoms with Gasteiger partial charge in [0.25, 0.3) is 0 Å². The molecule has 2 aliphatic rings. The van der Waals surface area contributed by atoms with E-state index in [0.29, 0.717) is 6.04 Å². The molecule has 3 rings (SSSR count). The van der Waals surface area contributed by atoms with E-state index in [4.69, 9.17) is 0 Å². The molecular formula is C14H24N4. The van der Waals surface area contributed by atoms with Crippen LogP contribution >= 0.6 is 0 Å².